The molecular formula is C15H16N4O5. The number of aliphatic hydroxyl groups is 1. The molecule has 24 heavy (non-hydrogen) atoms. The van der Waals surface area contributed by atoms with Crippen molar-refractivity contribution < 1.29 is 23.8 Å². The number of para-hydroxylation sites is 1. The second-order valence-corrected chi connectivity index (χ2v) is 5.28. The van der Waals surface area contributed by atoms with Gasteiger partial charge in [-0.15, -0.1) is 10.2 Å². The number of nitrogens with zero attached hydrogens (tertiary/aromatic N) is 3. The summed E-state index contributed by atoms with van der Waals surface area (Å²) in [6.45, 7) is 1.80. The number of amides is 2. The van der Waals surface area contributed by atoms with Crippen LogP contribution in [0.5, 0.6) is 0 Å². The highest BCUT2D eigenvalue weighted by Crippen LogP contribution is 2.29. The molecule has 126 valence electrons. The summed E-state index contributed by atoms with van der Waals surface area (Å²) in [6, 6.07) is 8.85. The lowest BCUT2D eigenvalue weighted by Crippen LogP contribution is -2.46. The van der Waals surface area contributed by atoms with E-state index in [9.17, 15) is 14.7 Å². The highest BCUT2D eigenvalue weighted by atomic mass is 16.7. The summed E-state index contributed by atoms with van der Waals surface area (Å²) in [5.41, 5.74) is 0.628. The number of carbonyl (C=O) groups excluding carboxylic acids is 2. The highest BCUT2D eigenvalue weighted by molar-refractivity contribution is 6.01. The van der Waals surface area contributed by atoms with Crippen LogP contribution in [0.2, 0.25) is 0 Å². The summed E-state index contributed by atoms with van der Waals surface area (Å²) in [5.74, 6) is -2.31. The first-order valence-electron chi connectivity index (χ1n) is 7.33. The topological polar surface area (TPSA) is 118 Å². The van der Waals surface area contributed by atoms with E-state index in [1.165, 1.54) is 4.90 Å². The number of benzene rings is 1. The molecule has 1 aromatic carbocycles. The first kappa shape index (κ1) is 15.9. The van der Waals surface area contributed by atoms with Crippen molar-refractivity contribution in [1.82, 2.24) is 15.5 Å². The lowest BCUT2D eigenvalue weighted by molar-refractivity contribution is -0.175. The Bertz CT molecular complexity index is 747. The van der Waals surface area contributed by atoms with Gasteiger partial charge in [0.1, 0.15) is 0 Å². The van der Waals surface area contributed by atoms with Crippen molar-refractivity contribution in [2.75, 3.05) is 11.4 Å². The van der Waals surface area contributed by atoms with E-state index < -0.39 is 17.8 Å². The number of anilines is 1. The standard InChI is InChI=1S/C15H16N4O5/c1-10-17-18-12(23-10)9-16-14(21)24-15(22)7-8-19(13(15)20)11-5-3-2-4-6-11/h2-6,22H,7-9H2,1H3,(H,16,21)/t15-/m0/s1. The SMILES string of the molecule is Cc1nnc(CNC(=O)O[C@@]2(O)CCN(c3ccccc3)C2=O)o1. The van der Waals surface area contributed by atoms with E-state index >= 15 is 0 Å². The van der Waals surface area contributed by atoms with Crippen molar-refractivity contribution in [3.8, 4) is 0 Å². The van der Waals surface area contributed by atoms with Crippen LogP contribution < -0.4 is 10.2 Å². The fourth-order valence-electron chi connectivity index (χ4n) is 2.38. The summed E-state index contributed by atoms with van der Waals surface area (Å²) in [6.07, 6.45) is -0.968. The molecule has 0 bridgehead atoms. The third kappa shape index (κ3) is 3.20. The van der Waals surface area contributed by atoms with E-state index in [4.69, 9.17) is 9.15 Å². The second kappa shape index (κ2) is 6.28. The van der Waals surface area contributed by atoms with Gasteiger partial charge in [0.2, 0.25) is 11.8 Å². The first-order valence-corrected chi connectivity index (χ1v) is 7.33. The molecule has 0 saturated carbocycles. The molecule has 1 fully saturated rings. The van der Waals surface area contributed by atoms with Gasteiger partial charge in [0.05, 0.1) is 6.54 Å². The molecule has 0 spiro atoms. The van der Waals surface area contributed by atoms with Gasteiger partial charge in [0.25, 0.3) is 11.7 Å². The average molecular weight is 332 g/mol. The number of hydrogen-bond acceptors (Lipinski definition) is 7. The van der Waals surface area contributed by atoms with Gasteiger partial charge >= 0.3 is 6.09 Å². The Hall–Kier alpha value is -2.94. The number of alkyl carbamates (subject to hydrolysis) is 1. The van der Waals surface area contributed by atoms with Gasteiger partial charge in [0.15, 0.2) is 0 Å². The molecule has 2 N–H and O–H groups in total. The number of nitrogens with one attached hydrogen (secondary N) is 1. The van der Waals surface area contributed by atoms with Crippen LogP contribution >= 0.6 is 0 Å². The molecule has 9 heteroatoms. The summed E-state index contributed by atoms with van der Waals surface area (Å²) >= 11 is 0. The minimum atomic E-state index is -2.19. The summed E-state index contributed by atoms with van der Waals surface area (Å²) in [5, 5.41) is 20.0. The molecule has 1 aliphatic rings. The molecule has 3 rings (SSSR count). The summed E-state index contributed by atoms with van der Waals surface area (Å²) in [4.78, 5) is 25.6. The zero-order valence-electron chi connectivity index (χ0n) is 12.9. The molecule has 1 atom stereocenters. The molecule has 1 saturated heterocycles. The first-order chi connectivity index (χ1) is 11.5. The van der Waals surface area contributed by atoms with Crippen molar-refractivity contribution in [1.29, 1.82) is 0 Å². The minimum absolute atomic E-state index is 0.0200. The summed E-state index contributed by atoms with van der Waals surface area (Å²) < 4.78 is 10.0. The number of carbonyl (C=O) groups is 2. The van der Waals surface area contributed by atoms with Gasteiger partial charge in [-0.2, -0.15) is 0 Å². The van der Waals surface area contributed by atoms with E-state index in [1.807, 2.05) is 6.07 Å². The second-order valence-electron chi connectivity index (χ2n) is 5.28. The fraction of sp³-hybridized carbons (Fsp3) is 0.333. The van der Waals surface area contributed by atoms with Crippen LogP contribution in [0.4, 0.5) is 10.5 Å². The number of hydrogen-bond donors (Lipinski definition) is 2. The van der Waals surface area contributed by atoms with Crippen LogP contribution in [-0.4, -0.2) is 39.6 Å². The van der Waals surface area contributed by atoms with Gasteiger partial charge < -0.3 is 24.5 Å². The van der Waals surface area contributed by atoms with Crippen LogP contribution in [0.1, 0.15) is 18.2 Å². The van der Waals surface area contributed by atoms with Crippen molar-refractivity contribution >= 4 is 17.7 Å². The molecule has 0 radical (unpaired) electrons. The normalized spacial score (nSPS) is 20.2. The van der Waals surface area contributed by atoms with E-state index in [-0.39, 0.29) is 25.4 Å². The van der Waals surface area contributed by atoms with Crippen LogP contribution in [0.15, 0.2) is 34.7 Å². The Morgan fingerprint density at radius 3 is 2.83 bits per heavy atom. The predicted octanol–water partition coefficient (Wildman–Crippen LogP) is 0.730. The van der Waals surface area contributed by atoms with Crippen molar-refractivity contribution in [3.63, 3.8) is 0 Å². The third-order valence-electron chi connectivity index (χ3n) is 3.53. The zero-order valence-corrected chi connectivity index (χ0v) is 12.9. The van der Waals surface area contributed by atoms with Gasteiger partial charge in [-0.25, -0.2) is 4.79 Å². The lowest BCUT2D eigenvalue weighted by Gasteiger charge is -2.22. The fourth-order valence-corrected chi connectivity index (χ4v) is 2.38. The molecule has 2 heterocycles. The average Bonchev–Trinajstić information content (AvgIpc) is 3.11. The molecule has 9 nitrogen and oxygen atoms in total. The number of ether oxygens (including phenoxy) is 1. The van der Waals surface area contributed by atoms with E-state index in [2.05, 4.69) is 15.5 Å². The van der Waals surface area contributed by atoms with Crippen LogP contribution in [0.3, 0.4) is 0 Å². The van der Waals surface area contributed by atoms with E-state index in [0.717, 1.165) is 0 Å². The zero-order chi connectivity index (χ0) is 17.2. The van der Waals surface area contributed by atoms with Crippen LogP contribution in [0.25, 0.3) is 0 Å². The number of aromatic nitrogens is 2. The Morgan fingerprint density at radius 1 is 1.42 bits per heavy atom. The highest BCUT2D eigenvalue weighted by Gasteiger charge is 2.49. The van der Waals surface area contributed by atoms with E-state index in [0.29, 0.717) is 11.6 Å². The maximum absolute atomic E-state index is 12.4. The lowest BCUT2D eigenvalue weighted by atomic mass is 10.2. The largest absolute Gasteiger partial charge is 0.424 e. The molecule has 0 aliphatic carbocycles. The Morgan fingerprint density at radius 2 is 2.17 bits per heavy atom. The third-order valence-corrected chi connectivity index (χ3v) is 3.53. The van der Waals surface area contributed by atoms with E-state index in [1.54, 1.807) is 31.2 Å². The van der Waals surface area contributed by atoms with Crippen molar-refractivity contribution in [2.45, 2.75) is 25.7 Å². The molecule has 2 amide bonds. The smallest absolute Gasteiger partial charge is 0.410 e. The molecule has 2 aromatic rings. The Kier molecular flexibility index (Phi) is 4.17. The van der Waals surface area contributed by atoms with Crippen molar-refractivity contribution in [2.24, 2.45) is 0 Å². The maximum Gasteiger partial charge on any atom is 0.410 e. The van der Waals surface area contributed by atoms with Gasteiger partial charge in [-0.05, 0) is 12.1 Å². The molecular weight excluding hydrogens is 316 g/mol. The minimum Gasteiger partial charge on any atom is -0.424 e. The Labute approximate surface area is 137 Å². The Balaban J connectivity index is 1.60. The monoisotopic (exact) mass is 332 g/mol. The quantitative estimate of drug-likeness (QED) is 0.792. The number of aryl methyl sites for hydroxylation is 1. The van der Waals surface area contributed by atoms with Crippen molar-refractivity contribution in [3.05, 3.63) is 42.1 Å². The number of rotatable bonds is 4. The molecule has 0 unspecified atom stereocenters. The predicted molar refractivity (Wildman–Crippen MR) is 80.7 cm³/mol. The maximum atomic E-state index is 12.4. The van der Waals surface area contributed by atoms with Gasteiger partial charge in [0, 0.05) is 25.6 Å². The molecule has 1 aliphatic heterocycles. The van der Waals surface area contributed by atoms with Gasteiger partial charge in [-0.1, -0.05) is 18.2 Å². The van der Waals surface area contributed by atoms with Gasteiger partial charge in [-0.3, -0.25) is 4.79 Å². The van der Waals surface area contributed by atoms with Crippen LogP contribution in [0, 0.1) is 6.92 Å². The van der Waals surface area contributed by atoms with Crippen LogP contribution in [-0.2, 0) is 16.1 Å². The molecule has 1 aromatic heterocycles. The summed E-state index contributed by atoms with van der Waals surface area (Å²) in [7, 11) is 0.